The van der Waals surface area contributed by atoms with E-state index < -0.39 is 0 Å². The predicted molar refractivity (Wildman–Crippen MR) is 61.8 cm³/mol. The summed E-state index contributed by atoms with van der Waals surface area (Å²) in [6.07, 6.45) is 0.936. The summed E-state index contributed by atoms with van der Waals surface area (Å²) in [6, 6.07) is 5.61. The van der Waals surface area contributed by atoms with Crippen molar-refractivity contribution in [1.29, 1.82) is 0 Å². The second-order valence-electron chi connectivity index (χ2n) is 2.82. The number of alkyl halides is 1. The van der Waals surface area contributed by atoms with Crippen LogP contribution in [0.25, 0.3) is 0 Å². The monoisotopic (exact) mass is 233 g/mol. The van der Waals surface area contributed by atoms with Gasteiger partial charge in [-0.25, -0.2) is 0 Å². The minimum absolute atomic E-state index is 0.614. The molecule has 14 heavy (non-hydrogen) atoms. The number of anilines is 1. The van der Waals surface area contributed by atoms with E-state index in [4.69, 9.17) is 27.9 Å². The lowest BCUT2D eigenvalue weighted by Gasteiger charge is -2.07. The maximum atomic E-state index is 5.95. The van der Waals surface area contributed by atoms with Gasteiger partial charge in [-0.05, 0) is 24.6 Å². The topological polar surface area (TPSA) is 21.3 Å². The Kier molecular flexibility index (Phi) is 4.91. The van der Waals surface area contributed by atoms with E-state index in [0.29, 0.717) is 16.7 Å². The molecule has 0 heterocycles. The van der Waals surface area contributed by atoms with E-state index in [2.05, 4.69) is 5.32 Å². The summed E-state index contributed by atoms with van der Waals surface area (Å²) in [5.74, 6) is 1.35. The Morgan fingerprint density at radius 3 is 2.79 bits per heavy atom. The molecule has 0 saturated carbocycles. The van der Waals surface area contributed by atoms with Gasteiger partial charge < -0.3 is 10.1 Å². The van der Waals surface area contributed by atoms with Crippen molar-refractivity contribution in [3.05, 3.63) is 23.2 Å². The molecule has 2 nitrogen and oxygen atoms in total. The van der Waals surface area contributed by atoms with Crippen molar-refractivity contribution >= 4 is 28.9 Å². The van der Waals surface area contributed by atoms with Crippen LogP contribution in [0.2, 0.25) is 5.02 Å². The molecule has 0 fully saturated rings. The lowest BCUT2D eigenvalue weighted by Crippen LogP contribution is -2.01. The molecule has 1 rings (SSSR count). The molecule has 0 bridgehead atoms. The standard InChI is InChI=1S/C10H13Cl2NO/c1-14-10-4-3-8(7-9(10)12)13-6-2-5-11/h3-4,7,13H,2,5-6H2,1H3. The van der Waals surface area contributed by atoms with Gasteiger partial charge in [-0.2, -0.15) is 0 Å². The van der Waals surface area contributed by atoms with Crippen molar-refractivity contribution in [2.45, 2.75) is 6.42 Å². The fourth-order valence-electron chi connectivity index (χ4n) is 1.08. The third-order valence-corrected chi connectivity index (χ3v) is 2.35. The van der Waals surface area contributed by atoms with E-state index in [1.54, 1.807) is 7.11 Å². The van der Waals surface area contributed by atoms with Gasteiger partial charge in [-0.15, -0.1) is 11.6 Å². The molecule has 1 aromatic rings. The molecular weight excluding hydrogens is 221 g/mol. The summed E-state index contributed by atoms with van der Waals surface area (Å²) in [5, 5.41) is 3.83. The van der Waals surface area contributed by atoms with Gasteiger partial charge >= 0.3 is 0 Å². The highest BCUT2D eigenvalue weighted by Crippen LogP contribution is 2.26. The first-order valence-electron chi connectivity index (χ1n) is 4.41. The Balaban J connectivity index is 2.57. The zero-order valence-electron chi connectivity index (χ0n) is 8.02. The minimum Gasteiger partial charge on any atom is -0.495 e. The largest absolute Gasteiger partial charge is 0.495 e. The molecule has 0 spiro atoms. The van der Waals surface area contributed by atoms with Crippen LogP contribution in [0.4, 0.5) is 5.69 Å². The summed E-state index contributed by atoms with van der Waals surface area (Å²) in [6.45, 7) is 0.853. The summed E-state index contributed by atoms with van der Waals surface area (Å²) in [4.78, 5) is 0. The van der Waals surface area contributed by atoms with Crippen LogP contribution in [0.15, 0.2) is 18.2 Å². The number of benzene rings is 1. The molecule has 0 aliphatic heterocycles. The molecule has 0 radical (unpaired) electrons. The fraction of sp³-hybridized carbons (Fsp3) is 0.400. The maximum Gasteiger partial charge on any atom is 0.137 e. The van der Waals surface area contributed by atoms with Crippen molar-refractivity contribution in [3.8, 4) is 5.75 Å². The highest BCUT2D eigenvalue weighted by molar-refractivity contribution is 6.32. The van der Waals surface area contributed by atoms with Crippen LogP contribution in [0, 0.1) is 0 Å². The first-order valence-corrected chi connectivity index (χ1v) is 5.32. The van der Waals surface area contributed by atoms with E-state index in [-0.39, 0.29) is 0 Å². The van der Waals surface area contributed by atoms with Gasteiger partial charge in [-0.1, -0.05) is 11.6 Å². The van der Waals surface area contributed by atoms with Crippen molar-refractivity contribution in [3.63, 3.8) is 0 Å². The van der Waals surface area contributed by atoms with Crippen LogP contribution in [0.5, 0.6) is 5.75 Å². The first kappa shape index (κ1) is 11.5. The molecule has 78 valence electrons. The van der Waals surface area contributed by atoms with Gasteiger partial charge in [0.05, 0.1) is 12.1 Å². The van der Waals surface area contributed by atoms with Gasteiger partial charge in [0.15, 0.2) is 0 Å². The zero-order chi connectivity index (χ0) is 10.4. The minimum atomic E-state index is 0.614. The van der Waals surface area contributed by atoms with Crippen molar-refractivity contribution in [2.24, 2.45) is 0 Å². The Labute approximate surface area is 94.2 Å². The Morgan fingerprint density at radius 1 is 1.43 bits per heavy atom. The smallest absolute Gasteiger partial charge is 0.137 e. The predicted octanol–water partition coefficient (Wildman–Crippen LogP) is 3.39. The van der Waals surface area contributed by atoms with Crippen LogP contribution in [-0.2, 0) is 0 Å². The van der Waals surface area contributed by atoms with E-state index in [1.807, 2.05) is 18.2 Å². The van der Waals surface area contributed by atoms with Gasteiger partial charge in [-0.3, -0.25) is 0 Å². The summed E-state index contributed by atoms with van der Waals surface area (Å²) >= 11 is 11.5. The molecule has 1 N–H and O–H groups in total. The number of hydrogen-bond acceptors (Lipinski definition) is 2. The Bertz CT molecular complexity index is 291. The number of hydrogen-bond donors (Lipinski definition) is 1. The summed E-state index contributed by atoms with van der Waals surface area (Å²) in [5.41, 5.74) is 0.987. The SMILES string of the molecule is COc1ccc(NCCCCl)cc1Cl. The third-order valence-electron chi connectivity index (χ3n) is 1.79. The lowest BCUT2D eigenvalue weighted by molar-refractivity contribution is 0.415. The molecule has 0 amide bonds. The molecule has 1 aromatic carbocycles. The molecule has 0 aliphatic rings. The van der Waals surface area contributed by atoms with Crippen LogP contribution in [0.3, 0.4) is 0 Å². The highest BCUT2D eigenvalue weighted by atomic mass is 35.5. The van der Waals surface area contributed by atoms with Crippen LogP contribution in [0.1, 0.15) is 6.42 Å². The molecule has 0 aromatic heterocycles. The molecular formula is C10H13Cl2NO. The number of ether oxygens (including phenoxy) is 1. The number of methoxy groups -OCH3 is 1. The third kappa shape index (κ3) is 3.28. The molecule has 0 aliphatic carbocycles. The van der Waals surface area contributed by atoms with Gasteiger partial charge in [0.2, 0.25) is 0 Å². The van der Waals surface area contributed by atoms with E-state index >= 15 is 0 Å². The number of nitrogens with one attached hydrogen (secondary N) is 1. The second-order valence-corrected chi connectivity index (χ2v) is 3.60. The van der Waals surface area contributed by atoms with E-state index in [0.717, 1.165) is 18.7 Å². The van der Waals surface area contributed by atoms with E-state index in [9.17, 15) is 0 Å². The quantitative estimate of drug-likeness (QED) is 0.622. The highest BCUT2D eigenvalue weighted by Gasteiger charge is 2.00. The summed E-state index contributed by atoms with van der Waals surface area (Å²) < 4.78 is 5.04. The van der Waals surface area contributed by atoms with Gasteiger partial charge in [0, 0.05) is 18.1 Å². The zero-order valence-corrected chi connectivity index (χ0v) is 9.53. The van der Waals surface area contributed by atoms with Crippen LogP contribution in [-0.4, -0.2) is 19.5 Å². The summed E-state index contributed by atoms with van der Waals surface area (Å²) in [7, 11) is 1.60. The average molecular weight is 234 g/mol. The van der Waals surface area contributed by atoms with Crippen molar-refractivity contribution in [2.75, 3.05) is 24.9 Å². The van der Waals surface area contributed by atoms with Crippen LogP contribution >= 0.6 is 23.2 Å². The van der Waals surface area contributed by atoms with E-state index in [1.165, 1.54) is 0 Å². The number of halogens is 2. The lowest BCUT2D eigenvalue weighted by atomic mass is 10.3. The fourth-order valence-corrected chi connectivity index (χ4v) is 1.47. The molecule has 4 heteroatoms. The molecule has 0 saturated heterocycles. The van der Waals surface area contributed by atoms with Crippen LogP contribution < -0.4 is 10.1 Å². The normalized spacial score (nSPS) is 9.93. The second kappa shape index (κ2) is 5.99. The molecule has 0 unspecified atom stereocenters. The van der Waals surface area contributed by atoms with Gasteiger partial charge in [0.1, 0.15) is 5.75 Å². The maximum absolute atomic E-state index is 5.95. The first-order chi connectivity index (χ1) is 6.77. The van der Waals surface area contributed by atoms with Crippen molar-refractivity contribution in [1.82, 2.24) is 0 Å². The Hall–Kier alpha value is -0.600. The Morgan fingerprint density at radius 2 is 2.21 bits per heavy atom. The van der Waals surface area contributed by atoms with Gasteiger partial charge in [0.25, 0.3) is 0 Å². The number of rotatable bonds is 5. The van der Waals surface area contributed by atoms with Crippen molar-refractivity contribution < 1.29 is 4.74 Å². The average Bonchev–Trinajstić information content (AvgIpc) is 2.18. The molecule has 0 atom stereocenters.